The third kappa shape index (κ3) is 3.67. The maximum atomic E-state index is 13.6. The van der Waals surface area contributed by atoms with E-state index in [1.807, 2.05) is 36.4 Å². The van der Waals surface area contributed by atoms with Crippen molar-refractivity contribution in [2.45, 2.75) is 12.1 Å². The number of halogens is 1. The summed E-state index contributed by atoms with van der Waals surface area (Å²) in [5.74, 6) is 0. The minimum absolute atomic E-state index is 0.0947. The lowest BCUT2D eigenvalue weighted by atomic mass is 10.2. The third-order valence-electron chi connectivity index (χ3n) is 3.09. The molecule has 0 aliphatic rings. The van der Waals surface area contributed by atoms with E-state index in [1.54, 1.807) is 0 Å². The van der Waals surface area contributed by atoms with Gasteiger partial charge in [0.05, 0.1) is 5.45 Å². The highest BCUT2D eigenvalue weighted by molar-refractivity contribution is 6.64. The highest BCUT2D eigenvalue weighted by atomic mass is 28.3. The van der Waals surface area contributed by atoms with E-state index in [0.29, 0.717) is 0 Å². The van der Waals surface area contributed by atoms with Crippen molar-refractivity contribution in [1.82, 2.24) is 0 Å². The molecule has 0 spiro atoms. The monoisotopic (exact) mass is 256 g/mol. The molecule has 2 heteroatoms. The van der Waals surface area contributed by atoms with Gasteiger partial charge < -0.3 is 0 Å². The third-order valence-corrected chi connectivity index (χ3v) is 5.91. The molecule has 0 N–H and O–H groups in total. The Bertz CT molecular complexity index is 452. The van der Waals surface area contributed by atoms with Crippen LogP contribution in [0.5, 0.6) is 0 Å². The Kier molecular flexibility index (Phi) is 4.48. The zero-order valence-electron chi connectivity index (χ0n) is 10.4. The second-order valence-electron chi connectivity index (χ2n) is 4.52. The van der Waals surface area contributed by atoms with Gasteiger partial charge in [0.1, 0.15) is 8.80 Å². The molecule has 2 aromatic rings. The van der Waals surface area contributed by atoms with Crippen LogP contribution >= 0.6 is 0 Å². The molecule has 0 atom stereocenters. The summed E-state index contributed by atoms with van der Waals surface area (Å²) >= 11 is 0. The van der Waals surface area contributed by atoms with Crippen LogP contribution in [0.1, 0.15) is 11.1 Å². The zero-order valence-corrected chi connectivity index (χ0v) is 11.5. The van der Waals surface area contributed by atoms with Crippen molar-refractivity contribution in [3.8, 4) is 0 Å². The standard InChI is InChI=1S/C16H17FSi/c1-14(17)18(12-15-8-4-2-5-9-15)13-16-10-6-3-7-11-16/h2-11,18H,1,12-13H2. The number of hydrogen-bond donors (Lipinski definition) is 0. The van der Waals surface area contributed by atoms with Gasteiger partial charge in [-0.25, -0.2) is 4.39 Å². The number of hydrogen-bond acceptors (Lipinski definition) is 0. The summed E-state index contributed by atoms with van der Waals surface area (Å²) in [5.41, 5.74) is 2.33. The van der Waals surface area contributed by atoms with Crippen LogP contribution in [-0.4, -0.2) is 8.80 Å². The minimum Gasteiger partial charge on any atom is -0.218 e. The van der Waals surface area contributed by atoms with Crippen LogP contribution in [0.4, 0.5) is 4.39 Å². The SMILES string of the molecule is C=C(F)[SiH](Cc1ccccc1)Cc1ccccc1. The van der Waals surface area contributed by atoms with Gasteiger partial charge in [-0.2, -0.15) is 0 Å². The molecule has 0 fully saturated rings. The maximum Gasteiger partial charge on any atom is 0.115 e. The van der Waals surface area contributed by atoms with E-state index in [2.05, 4.69) is 30.8 Å². The predicted octanol–water partition coefficient (Wildman–Crippen LogP) is 3.80. The van der Waals surface area contributed by atoms with Crippen molar-refractivity contribution in [2.75, 3.05) is 0 Å². The van der Waals surface area contributed by atoms with Gasteiger partial charge in [-0.1, -0.05) is 78.4 Å². The van der Waals surface area contributed by atoms with E-state index in [4.69, 9.17) is 0 Å². The van der Waals surface area contributed by atoms with Gasteiger partial charge in [0, 0.05) is 0 Å². The molecule has 0 saturated heterocycles. The van der Waals surface area contributed by atoms with Gasteiger partial charge >= 0.3 is 0 Å². The summed E-state index contributed by atoms with van der Waals surface area (Å²) in [6.45, 7) is 3.54. The van der Waals surface area contributed by atoms with Crippen LogP contribution in [0.3, 0.4) is 0 Å². The highest BCUT2D eigenvalue weighted by Gasteiger charge is 2.16. The molecule has 0 radical (unpaired) electrons. The molecule has 0 amide bonds. The van der Waals surface area contributed by atoms with Crippen molar-refractivity contribution < 1.29 is 4.39 Å². The molecular formula is C16H17FSi. The lowest BCUT2D eigenvalue weighted by Gasteiger charge is -2.13. The van der Waals surface area contributed by atoms with Crippen LogP contribution < -0.4 is 0 Å². The smallest absolute Gasteiger partial charge is 0.115 e. The molecule has 2 aromatic carbocycles. The van der Waals surface area contributed by atoms with Crippen LogP contribution in [0, 0.1) is 0 Å². The van der Waals surface area contributed by atoms with Crippen LogP contribution in [0.25, 0.3) is 0 Å². The fourth-order valence-corrected chi connectivity index (χ4v) is 4.36. The summed E-state index contributed by atoms with van der Waals surface area (Å²) in [6, 6.07) is 21.9. The van der Waals surface area contributed by atoms with Crippen molar-refractivity contribution in [2.24, 2.45) is 0 Å². The minimum atomic E-state index is -1.62. The Labute approximate surface area is 109 Å². The summed E-state index contributed by atoms with van der Waals surface area (Å²) in [5, 5.41) is 0. The van der Waals surface area contributed by atoms with Crippen molar-refractivity contribution >= 4 is 8.80 Å². The summed E-state index contributed by atoms with van der Waals surface area (Å²) in [4.78, 5) is 0. The Morgan fingerprint density at radius 2 is 1.22 bits per heavy atom. The summed E-state index contributed by atoms with van der Waals surface area (Å²) < 4.78 is 13.6. The first-order chi connectivity index (χ1) is 8.75. The quantitative estimate of drug-likeness (QED) is 0.714. The van der Waals surface area contributed by atoms with Crippen molar-refractivity contribution in [1.29, 1.82) is 0 Å². The highest BCUT2D eigenvalue weighted by Crippen LogP contribution is 2.13. The maximum absolute atomic E-state index is 13.6. The van der Waals surface area contributed by atoms with E-state index < -0.39 is 8.80 Å². The molecule has 0 bridgehead atoms. The van der Waals surface area contributed by atoms with Gasteiger partial charge in [0.25, 0.3) is 0 Å². The first-order valence-electron chi connectivity index (χ1n) is 6.18. The molecule has 0 heterocycles. The van der Waals surface area contributed by atoms with E-state index in [1.165, 1.54) is 11.1 Å². The summed E-state index contributed by atoms with van der Waals surface area (Å²) in [6.07, 6.45) is 0. The first-order valence-corrected chi connectivity index (χ1v) is 8.39. The van der Waals surface area contributed by atoms with Crippen LogP contribution in [0.2, 0.25) is 0 Å². The van der Waals surface area contributed by atoms with Crippen LogP contribution in [-0.2, 0) is 12.1 Å². The molecule has 0 nitrogen and oxygen atoms in total. The molecule has 0 saturated carbocycles. The first kappa shape index (κ1) is 12.8. The van der Waals surface area contributed by atoms with E-state index in [-0.39, 0.29) is 5.45 Å². The van der Waals surface area contributed by atoms with Gasteiger partial charge in [0.2, 0.25) is 0 Å². The van der Waals surface area contributed by atoms with Gasteiger partial charge in [-0.05, 0) is 12.1 Å². The second kappa shape index (κ2) is 6.31. The lowest BCUT2D eigenvalue weighted by molar-refractivity contribution is 0.687. The molecule has 0 aromatic heterocycles. The fraction of sp³-hybridized carbons (Fsp3) is 0.125. The molecule has 2 rings (SSSR count). The second-order valence-corrected chi connectivity index (χ2v) is 7.36. The largest absolute Gasteiger partial charge is 0.218 e. The normalized spacial score (nSPS) is 10.6. The lowest BCUT2D eigenvalue weighted by Crippen LogP contribution is -2.21. The van der Waals surface area contributed by atoms with E-state index in [0.717, 1.165) is 12.1 Å². The Balaban J connectivity index is 2.08. The van der Waals surface area contributed by atoms with E-state index in [9.17, 15) is 4.39 Å². The van der Waals surface area contributed by atoms with Crippen LogP contribution in [0.15, 0.2) is 72.7 Å². The Morgan fingerprint density at radius 3 is 1.56 bits per heavy atom. The van der Waals surface area contributed by atoms with E-state index >= 15 is 0 Å². The fourth-order valence-electron chi connectivity index (χ4n) is 2.09. The molecule has 0 unspecified atom stereocenters. The average Bonchev–Trinajstić information content (AvgIpc) is 2.40. The zero-order chi connectivity index (χ0) is 12.8. The predicted molar refractivity (Wildman–Crippen MR) is 77.7 cm³/mol. The van der Waals surface area contributed by atoms with Crippen molar-refractivity contribution in [3.05, 3.63) is 83.8 Å². The van der Waals surface area contributed by atoms with Gasteiger partial charge in [-0.3, -0.25) is 0 Å². The van der Waals surface area contributed by atoms with Gasteiger partial charge in [0.15, 0.2) is 0 Å². The number of rotatable bonds is 5. The molecule has 18 heavy (non-hydrogen) atoms. The summed E-state index contributed by atoms with van der Waals surface area (Å²) in [7, 11) is -1.62. The molecule has 0 aliphatic carbocycles. The van der Waals surface area contributed by atoms with Gasteiger partial charge in [-0.15, -0.1) is 0 Å². The molecular weight excluding hydrogens is 239 g/mol. The number of benzene rings is 2. The Hall–Kier alpha value is -1.67. The molecule has 92 valence electrons. The molecule has 0 aliphatic heterocycles. The average molecular weight is 256 g/mol. The van der Waals surface area contributed by atoms with Crippen molar-refractivity contribution in [3.63, 3.8) is 0 Å². The Morgan fingerprint density at radius 1 is 0.833 bits per heavy atom. The topological polar surface area (TPSA) is 0 Å².